The third kappa shape index (κ3) is 5.87. The first-order valence-corrected chi connectivity index (χ1v) is 8.98. The lowest BCUT2D eigenvalue weighted by atomic mass is 10.1. The van der Waals surface area contributed by atoms with Gasteiger partial charge in [0.25, 0.3) is 0 Å². The van der Waals surface area contributed by atoms with Crippen molar-refractivity contribution < 1.29 is 9.13 Å². The lowest BCUT2D eigenvalue weighted by Gasteiger charge is -2.09. The van der Waals surface area contributed by atoms with Crippen molar-refractivity contribution >= 4 is 11.6 Å². The number of hydrogen-bond acceptors (Lipinski definition) is 2. The number of halogens is 2. The Kier molecular flexibility index (Phi) is 6.64. The molecular formula is C22H21ClFNO. The number of rotatable bonds is 8. The maximum Gasteiger partial charge on any atom is 0.123 e. The minimum absolute atomic E-state index is 0.198. The summed E-state index contributed by atoms with van der Waals surface area (Å²) in [7, 11) is 0. The van der Waals surface area contributed by atoms with Gasteiger partial charge in [0, 0.05) is 11.6 Å². The van der Waals surface area contributed by atoms with Crippen molar-refractivity contribution in [3.8, 4) is 5.75 Å². The summed E-state index contributed by atoms with van der Waals surface area (Å²) in [5.41, 5.74) is 3.32. The van der Waals surface area contributed by atoms with Crippen molar-refractivity contribution in [2.24, 2.45) is 0 Å². The molecule has 0 aliphatic carbocycles. The molecule has 3 rings (SSSR count). The van der Waals surface area contributed by atoms with E-state index in [2.05, 4.69) is 11.4 Å². The van der Waals surface area contributed by atoms with Crippen LogP contribution in [0.15, 0.2) is 72.8 Å². The Labute approximate surface area is 158 Å². The molecule has 0 aliphatic rings. The molecule has 0 fully saturated rings. The number of ether oxygens (including phenoxy) is 1. The molecule has 0 atom stereocenters. The van der Waals surface area contributed by atoms with E-state index in [0.29, 0.717) is 11.6 Å². The smallest absolute Gasteiger partial charge is 0.123 e. The van der Waals surface area contributed by atoms with Gasteiger partial charge in [0.1, 0.15) is 18.2 Å². The van der Waals surface area contributed by atoms with E-state index < -0.39 is 0 Å². The largest absolute Gasteiger partial charge is 0.489 e. The molecule has 0 radical (unpaired) electrons. The van der Waals surface area contributed by atoms with Gasteiger partial charge in [-0.2, -0.15) is 0 Å². The standard InChI is InChI=1S/C22H21ClFNO/c23-20-5-1-4-19(13-20)16-26-22-6-2-3-18(14-22)15-25-12-11-17-7-9-21(24)10-8-17/h1-10,13-14,25H,11-12,15-16H2. The molecule has 0 heterocycles. The van der Waals surface area contributed by atoms with Crippen molar-refractivity contribution in [2.45, 2.75) is 19.6 Å². The van der Waals surface area contributed by atoms with E-state index in [1.807, 2.05) is 54.6 Å². The molecule has 2 nitrogen and oxygen atoms in total. The Bertz CT molecular complexity index is 836. The molecule has 26 heavy (non-hydrogen) atoms. The van der Waals surface area contributed by atoms with Gasteiger partial charge in [0.05, 0.1) is 0 Å². The lowest BCUT2D eigenvalue weighted by molar-refractivity contribution is 0.306. The summed E-state index contributed by atoms with van der Waals surface area (Å²) >= 11 is 5.99. The minimum Gasteiger partial charge on any atom is -0.489 e. The topological polar surface area (TPSA) is 21.3 Å². The van der Waals surface area contributed by atoms with Crippen LogP contribution >= 0.6 is 11.6 Å². The zero-order chi connectivity index (χ0) is 18.2. The summed E-state index contributed by atoms with van der Waals surface area (Å²) < 4.78 is 18.7. The molecule has 0 aromatic heterocycles. The van der Waals surface area contributed by atoms with E-state index in [1.54, 1.807) is 0 Å². The van der Waals surface area contributed by atoms with Gasteiger partial charge in [-0.3, -0.25) is 0 Å². The highest BCUT2D eigenvalue weighted by Crippen LogP contribution is 2.17. The van der Waals surface area contributed by atoms with Crippen molar-refractivity contribution in [1.29, 1.82) is 0 Å². The molecule has 0 amide bonds. The first kappa shape index (κ1) is 18.4. The molecule has 0 spiro atoms. The normalized spacial score (nSPS) is 10.7. The van der Waals surface area contributed by atoms with Gasteiger partial charge in [0.2, 0.25) is 0 Å². The fourth-order valence-corrected chi connectivity index (χ4v) is 2.87. The van der Waals surface area contributed by atoms with Crippen LogP contribution in [0, 0.1) is 5.82 Å². The van der Waals surface area contributed by atoms with E-state index in [0.717, 1.165) is 42.0 Å². The minimum atomic E-state index is -0.198. The number of hydrogen-bond donors (Lipinski definition) is 1. The quantitative estimate of drug-likeness (QED) is 0.537. The van der Waals surface area contributed by atoms with Crippen LogP contribution in [0.25, 0.3) is 0 Å². The maximum atomic E-state index is 12.9. The summed E-state index contributed by atoms with van der Waals surface area (Å²) in [6, 6.07) is 22.3. The van der Waals surface area contributed by atoms with E-state index in [4.69, 9.17) is 16.3 Å². The van der Waals surface area contributed by atoms with E-state index >= 15 is 0 Å². The first-order chi connectivity index (χ1) is 12.7. The Morgan fingerprint density at radius 3 is 2.42 bits per heavy atom. The predicted octanol–water partition coefficient (Wildman–Crippen LogP) is 5.39. The van der Waals surface area contributed by atoms with Crippen LogP contribution in [0.1, 0.15) is 16.7 Å². The lowest BCUT2D eigenvalue weighted by Crippen LogP contribution is -2.16. The van der Waals surface area contributed by atoms with E-state index in [-0.39, 0.29) is 5.82 Å². The van der Waals surface area contributed by atoms with Crippen molar-refractivity contribution in [1.82, 2.24) is 5.32 Å². The van der Waals surface area contributed by atoms with Crippen LogP contribution < -0.4 is 10.1 Å². The van der Waals surface area contributed by atoms with Crippen LogP contribution in [0.3, 0.4) is 0 Å². The molecule has 4 heteroatoms. The van der Waals surface area contributed by atoms with Gasteiger partial charge in [-0.15, -0.1) is 0 Å². The van der Waals surface area contributed by atoms with E-state index in [1.165, 1.54) is 12.1 Å². The fourth-order valence-electron chi connectivity index (χ4n) is 2.66. The third-order valence-electron chi connectivity index (χ3n) is 4.03. The zero-order valence-electron chi connectivity index (χ0n) is 14.4. The van der Waals surface area contributed by atoms with Gasteiger partial charge in [-0.25, -0.2) is 4.39 Å². The van der Waals surface area contributed by atoms with Crippen molar-refractivity contribution in [3.63, 3.8) is 0 Å². The van der Waals surface area contributed by atoms with Crippen molar-refractivity contribution in [3.05, 3.63) is 100 Å². The average Bonchev–Trinajstić information content (AvgIpc) is 2.65. The molecule has 3 aromatic carbocycles. The SMILES string of the molecule is Fc1ccc(CCNCc2cccc(OCc3cccc(Cl)c3)c2)cc1. The molecule has 3 aromatic rings. The Balaban J connectivity index is 1.45. The summed E-state index contributed by atoms with van der Waals surface area (Å²) in [5, 5.41) is 4.12. The van der Waals surface area contributed by atoms with Crippen LogP contribution in [-0.4, -0.2) is 6.54 Å². The summed E-state index contributed by atoms with van der Waals surface area (Å²) in [4.78, 5) is 0. The first-order valence-electron chi connectivity index (χ1n) is 8.60. The molecule has 0 saturated heterocycles. The van der Waals surface area contributed by atoms with Gasteiger partial charge >= 0.3 is 0 Å². The third-order valence-corrected chi connectivity index (χ3v) is 4.26. The highest BCUT2D eigenvalue weighted by atomic mass is 35.5. The maximum absolute atomic E-state index is 12.9. The second-order valence-electron chi connectivity index (χ2n) is 6.12. The molecule has 1 N–H and O–H groups in total. The van der Waals surface area contributed by atoms with Crippen molar-refractivity contribution in [2.75, 3.05) is 6.54 Å². The Morgan fingerprint density at radius 1 is 0.846 bits per heavy atom. The average molecular weight is 370 g/mol. The Hall–Kier alpha value is -2.36. The highest BCUT2D eigenvalue weighted by molar-refractivity contribution is 6.30. The van der Waals surface area contributed by atoms with Gasteiger partial charge in [0.15, 0.2) is 0 Å². The van der Waals surface area contributed by atoms with Gasteiger partial charge < -0.3 is 10.1 Å². The van der Waals surface area contributed by atoms with Crippen LogP contribution in [-0.2, 0) is 19.6 Å². The van der Waals surface area contributed by atoms with E-state index in [9.17, 15) is 4.39 Å². The monoisotopic (exact) mass is 369 g/mol. The molecule has 0 bridgehead atoms. The molecular weight excluding hydrogens is 349 g/mol. The summed E-state index contributed by atoms with van der Waals surface area (Å²) in [6.45, 7) is 2.08. The second-order valence-corrected chi connectivity index (χ2v) is 6.56. The molecule has 0 aliphatic heterocycles. The number of benzene rings is 3. The predicted molar refractivity (Wildman–Crippen MR) is 104 cm³/mol. The summed E-state index contributed by atoms with van der Waals surface area (Å²) in [5.74, 6) is 0.638. The zero-order valence-corrected chi connectivity index (χ0v) is 15.2. The van der Waals surface area contributed by atoms with Crippen LogP contribution in [0.5, 0.6) is 5.75 Å². The molecule has 0 unspecified atom stereocenters. The Morgan fingerprint density at radius 2 is 1.62 bits per heavy atom. The van der Waals surface area contributed by atoms with Crippen LogP contribution in [0.4, 0.5) is 4.39 Å². The fraction of sp³-hybridized carbons (Fsp3) is 0.182. The highest BCUT2D eigenvalue weighted by Gasteiger charge is 2.00. The second kappa shape index (κ2) is 9.37. The van der Waals surface area contributed by atoms with Gasteiger partial charge in [-0.1, -0.05) is 48.0 Å². The molecule has 134 valence electrons. The molecule has 0 saturated carbocycles. The number of nitrogens with one attached hydrogen (secondary N) is 1. The summed E-state index contributed by atoms with van der Waals surface area (Å²) in [6.07, 6.45) is 0.866. The van der Waals surface area contributed by atoms with Crippen LogP contribution in [0.2, 0.25) is 5.02 Å². The van der Waals surface area contributed by atoms with Gasteiger partial charge in [-0.05, 0) is 66.1 Å².